The van der Waals surface area contributed by atoms with Crippen LogP contribution >= 0.6 is 0 Å². The molecule has 1 aromatic heterocycles. The van der Waals surface area contributed by atoms with Gasteiger partial charge in [-0.2, -0.15) is 0 Å². The van der Waals surface area contributed by atoms with E-state index in [-0.39, 0.29) is 11.9 Å². The predicted molar refractivity (Wildman–Crippen MR) is 118 cm³/mol. The first-order chi connectivity index (χ1) is 14.7. The number of anilines is 1. The van der Waals surface area contributed by atoms with Crippen LogP contribution in [0, 0.1) is 0 Å². The van der Waals surface area contributed by atoms with E-state index in [1.165, 1.54) is 6.42 Å². The Morgan fingerprint density at radius 3 is 2.53 bits per heavy atom. The van der Waals surface area contributed by atoms with Crippen molar-refractivity contribution in [2.45, 2.75) is 32.2 Å². The summed E-state index contributed by atoms with van der Waals surface area (Å²) in [5.74, 6) is 1.68. The molecule has 30 heavy (non-hydrogen) atoms. The van der Waals surface area contributed by atoms with E-state index in [0.717, 1.165) is 65.5 Å². The van der Waals surface area contributed by atoms with Gasteiger partial charge in [0.25, 0.3) is 5.91 Å². The summed E-state index contributed by atoms with van der Waals surface area (Å²) < 4.78 is 7.51. The minimum Gasteiger partial charge on any atom is -0.497 e. The highest BCUT2D eigenvalue weighted by molar-refractivity contribution is 5.98. The topological polar surface area (TPSA) is 59.4 Å². The zero-order valence-corrected chi connectivity index (χ0v) is 17.4. The summed E-state index contributed by atoms with van der Waals surface area (Å²) in [5, 5.41) is 3.40. The molecular formula is C24H26N4O2. The van der Waals surface area contributed by atoms with Crippen LogP contribution in [0.4, 0.5) is 5.95 Å². The number of rotatable bonds is 3. The summed E-state index contributed by atoms with van der Waals surface area (Å²) in [6, 6.07) is 15.8. The van der Waals surface area contributed by atoms with Crippen LogP contribution in [0.15, 0.2) is 59.8 Å². The second kappa shape index (κ2) is 7.52. The van der Waals surface area contributed by atoms with Gasteiger partial charge in [-0.05, 0) is 56.0 Å². The number of benzene rings is 2. The van der Waals surface area contributed by atoms with Crippen LogP contribution in [-0.2, 0) is 4.79 Å². The summed E-state index contributed by atoms with van der Waals surface area (Å²) in [7, 11) is 1.66. The molecule has 154 valence electrons. The SMILES string of the molecule is COc1ccc([C@H]2C(C(=O)N3CCCCC3)=C(C)Nc3nc4ccccc4n32)cc1. The molecular weight excluding hydrogens is 376 g/mol. The smallest absolute Gasteiger partial charge is 0.254 e. The van der Waals surface area contributed by atoms with Gasteiger partial charge in [0.15, 0.2) is 0 Å². The first kappa shape index (κ1) is 18.7. The Morgan fingerprint density at radius 1 is 1.07 bits per heavy atom. The number of methoxy groups -OCH3 is 1. The summed E-state index contributed by atoms with van der Waals surface area (Å²) >= 11 is 0. The van der Waals surface area contributed by atoms with E-state index in [4.69, 9.17) is 9.72 Å². The normalized spacial score (nSPS) is 18.9. The standard InChI is InChI=1S/C24H26N4O2/c1-16-21(23(29)27-14-6-3-7-15-27)22(17-10-12-18(30-2)13-11-17)28-20-9-5-4-8-19(20)26-24(28)25-16/h4-5,8-13,22H,3,6-7,14-15H2,1-2H3,(H,25,26)/t22-/m0/s1. The van der Waals surface area contributed by atoms with Crippen molar-refractivity contribution in [2.24, 2.45) is 0 Å². The number of carbonyl (C=O) groups is 1. The number of carbonyl (C=O) groups excluding carboxylic acids is 1. The highest BCUT2D eigenvalue weighted by Gasteiger charge is 2.36. The van der Waals surface area contributed by atoms with Crippen LogP contribution in [-0.4, -0.2) is 40.6 Å². The van der Waals surface area contributed by atoms with Crippen molar-refractivity contribution in [3.05, 3.63) is 65.4 Å². The zero-order chi connectivity index (χ0) is 20.7. The van der Waals surface area contributed by atoms with E-state index in [9.17, 15) is 4.79 Å². The highest BCUT2D eigenvalue weighted by atomic mass is 16.5. The van der Waals surface area contributed by atoms with Crippen molar-refractivity contribution >= 4 is 22.9 Å². The average molecular weight is 402 g/mol. The van der Waals surface area contributed by atoms with Gasteiger partial charge in [-0.1, -0.05) is 24.3 Å². The number of hydrogen-bond acceptors (Lipinski definition) is 4. The number of para-hydroxylation sites is 2. The van der Waals surface area contributed by atoms with Gasteiger partial charge < -0.3 is 15.0 Å². The molecule has 0 radical (unpaired) electrons. The number of nitrogens with zero attached hydrogens (tertiary/aromatic N) is 3. The molecule has 2 aliphatic heterocycles. The van der Waals surface area contributed by atoms with Crippen LogP contribution in [0.25, 0.3) is 11.0 Å². The van der Waals surface area contributed by atoms with Crippen molar-refractivity contribution in [3.63, 3.8) is 0 Å². The monoisotopic (exact) mass is 402 g/mol. The van der Waals surface area contributed by atoms with Crippen LogP contribution in [0.3, 0.4) is 0 Å². The quantitative estimate of drug-likeness (QED) is 0.708. The highest BCUT2D eigenvalue weighted by Crippen LogP contribution is 2.40. The maximum atomic E-state index is 13.7. The molecule has 0 saturated carbocycles. The fraction of sp³-hybridized carbons (Fsp3) is 0.333. The largest absolute Gasteiger partial charge is 0.497 e. The van der Waals surface area contributed by atoms with E-state index in [1.54, 1.807) is 7.11 Å². The first-order valence-electron chi connectivity index (χ1n) is 10.6. The molecule has 5 rings (SSSR count). The Kier molecular flexibility index (Phi) is 4.69. The molecule has 1 N–H and O–H groups in total. The molecule has 0 aliphatic carbocycles. The lowest BCUT2D eigenvalue weighted by Gasteiger charge is -2.35. The van der Waals surface area contributed by atoms with E-state index in [2.05, 4.69) is 16.0 Å². The van der Waals surface area contributed by atoms with Crippen LogP contribution in [0.1, 0.15) is 37.8 Å². The molecule has 1 fully saturated rings. The van der Waals surface area contributed by atoms with E-state index >= 15 is 0 Å². The number of hydrogen-bond donors (Lipinski definition) is 1. The number of amides is 1. The Bertz CT molecular complexity index is 1120. The molecule has 6 heteroatoms. The molecule has 1 atom stereocenters. The number of aromatic nitrogens is 2. The van der Waals surface area contributed by atoms with Crippen molar-refractivity contribution in [1.29, 1.82) is 0 Å². The Labute approximate surface area is 176 Å². The van der Waals surface area contributed by atoms with Gasteiger partial charge in [0, 0.05) is 18.8 Å². The van der Waals surface area contributed by atoms with Gasteiger partial charge in [0.05, 0.1) is 29.8 Å². The second-order valence-corrected chi connectivity index (χ2v) is 7.99. The Morgan fingerprint density at radius 2 is 1.80 bits per heavy atom. The van der Waals surface area contributed by atoms with Crippen LogP contribution in [0.2, 0.25) is 0 Å². The number of nitrogens with one attached hydrogen (secondary N) is 1. The maximum Gasteiger partial charge on any atom is 0.254 e. The lowest BCUT2D eigenvalue weighted by atomic mass is 9.93. The molecule has 2 aromatic carbocycles. The number of allylic oxidation sites excluding steroid dienone is 1. The van der Waals surface area contributed by atoms with Gasteiger partial charge in [0.2, 0.25) is 5.95 Å². The molecule has 2 aliphatic rings. The van der Waals surface area contributed by atoms with Crippen LogP contribution < -0.4 is 10.1 Å². The summed E-state index contributed by atoms with van der Waals surface area (Å²) in [6.07, 6.45) is 3.33. The van der Waals surface area contributed by atoms with Crippen molar-refractivity contribution in [1.82, 2.24) is 14.5 Å². The molecule has 0 bridgehead atoms. The fourth-order valence-electron chi connectivity index (χ4n) is 4.61. The molecule has 3 aromatic rings. The van der Waals surface area contributed by atoms with Gasteiger partial charge in [-0.3, -0.25) is 9.36 Å². The zero-order valence-electron chi connectivity index (χ0n) is 17.4. The summed E-state index contributed by atoms with van der Waals surface area (Å²) in [6.45, 7) is 3.63. The van der Waals surface area contributed by atoms with Crippen molar-refractivity contribution in [3.8, 4) is 5.75 Å². The summed E-state index contributed by atoms with van der Waals surface area (Å²) in [5.41, 5.74) is 4.63. The predicted octanol–water partition coefficient (Wildman–Crippen LogP) is 4.35. The van der Waals surface area contributed by atoms with E-state index in [1.807, 2.05) is 54.3 Å². The molecule has 1 saturated heterocycles. The third kappa shape index (κ3) is 3.03. The van der Waals surface area contributed by atoms with Gasteiger partial charge in [-0.25, -0.2) is 4.98 Å². The number of fused-ring (bicyclic) bond motifs is 3. The number of ether oxygens (including phenoxy) is 1. The van der Waals surface area contributed by atoms with Crippen molar-refractivity contribution in [2.75, 3.05) is 25.5 Å². The molecule has 0 spiro atoms. The Balaban J connectivity index is 1.68. The molecule has 6 nitrogen and oxygen atoms in total. The number of imidazole rings is 1. The molecule has 0 unspecified atom stereocenters. The first-order valence-corrected chi connectivity index (χ1v) is 10.6. The molecule has 1 amide bonds. The second-order valence-electron chi connectivity index (χ2n) is 7.99. The van der Waals surface area contributed by atoms with E-state index < -0.39 is 0 Å². The number of likely N-dealkylation sites (tertiary alicyclic amines) is 1. The van der Waals surface area contributed by atoms with Crippen molar-refractivity contribution < 1.29 is 9.53 Å². The third-order valence-corrected chi connectivity index (χ3v) is 6.14. The lowest BCUT2D eigenvalue weighted by molar-refractivity contribution is -0.128. The van der Waals surface area contributed by atoms with Gasteiger partial charge in [0.1, 0.15) is 5.75 Å². The van der Waals surface area contributed by atoms with Gasteiger partial charge in [-0.15, -0.1) is 0 Å². The van der Waals surface area contributed by atoms with Gasteiger partial charge >= 0.3 is 0 Å². The lowest BCUT2D eigenvalue weighted by Crippen LogP contribution is -2.40. The van der Waals surface area contributed by atoms with E-state index in [0.29, 0.717) is 0 Å². The summed E-state index contributed by atoms with van der Waals surface area (Å²) in [4.78, 5) is 20.5. The number of piperidine rings is 1. The average Bonchev–Trinajstić information content (AvgIpc) is 3.16. The minimum absolute atomic E-state index is 0.115. The van der Waals surface area contributed by atoms with Crippen LogP contribution in [0.5, 0.6) is 5.75 Å². The molecule has 3 heterocycles. The Hall–Kier alpha value is -3.28. The maximum absolute atomic E-state index is 13.7. The minimum atomic E-state index is -0.242. The third-order valence-electron chi connectivity index (χ3n) is 6.14. The fourth-order valence-corrected chi connectivity index (χ4v) is 4.61.